The van der Waals surface area contributed by atoms with Crippen LogP contribution >= 0.6 is 0 Å². The van der Waals surface area contributed by atoms with Crippen LogP contribution in [-0.2, 0) is 19.5 Å². The maximum Gasteiger partial charge on any atom is 0.340 e. The lowest BCUT2D eigenvalue weighted by Crippen LogP contribution is -2.32. The van der Waals surface area contributed by atoms with Gasteiger partial charge in [0.25, 0.3) is 0 Å². The predicted octanol–water partition coefficient (Wildman–Crippen LogP) is 5.36. The van der Waals surface area contributed by atoms with Gasteiger partial charge < -0.3 is 13.9 Å². The molecule has 0 aliphatic carbocycles. The Balaban J connectivity index is 1.50. The molecule has 1 aromatic heterocycles. The monoisotopic (exact) mass is 441 g/mol. The number of fused-ring (bicyclic) bond motifs is 2. The first-order valence-corrected chi connectivity index (χ1v) is 11.1. The summed E-state index contributed by atoms with van der Waals surface area (Å²) in [5.41, 5.74) is 6.28. The number of ether oxygens (including phenoxy) is 2. The molecule has 168 valence electrons. The third kappa shape index (κ3) is 4.12. The molecule has 33 heavy (non-hydrogen) atoms. The van der Waals surface area contributed by atoms with E-state index in [2.05, 4.69) is 23.1 Å². The molecule has 0 bridgehead atoms. The quantitative estimate of drug-likeness (QED) is 0.390. The zero-order valence-corrected chi connectivity index (χ0v) is 19.2. The van der Waals surface area contributed by atoms with E-state index < -0.39 is 0 Å². The molecule has 0 radical (unpaired) electrons. The van der Waals surface area contributed by atoms with Crippen molar-refractivity contribution in [1.82, 2.24) is 4.90 Å². The number of hydrogen-bond acceptors (Lipinski definition) is 5. The number of benzene rings is 3. The maximum absolute atomic E-state index is 12.9. The molecule has 0 saturated carbocycles. The molecule has 0 unspecified atom stereocenters. The second kappa shape index (κ2) is 8.75. The highest BCUT2D eigenvalue weighted by atomic mass is 16.5. The third-order valence-electron chi connectivity index (χ3n) is 6.38. The molecule has 2 heterocycles. The summed E-state index contributed by atoms with van der Waals surface area (Å²) in [5.74, 6) is 1.67. The van der Waals surface area contributed by atoms with Gasteiger partial charge in [0, 0.05) is 41.6 Å². The molecule has 3 aromatic carbocycles. The van der Waals surface area contributed by atoms with Crippen molar-refractivity contribution in [3.05, 3.63) is 104 Å². The Morgan fingerprint density at radius 2 is 1.76 bits per heavy atom. The van der Waals surface area contributed by atoms with Crippen LogP contribution in [0.15, 0.2) is 69.9 Å². The van der Waals surface area contributed by atoms with E-state index in [4.69, 9.17) is 13.9 Å². The fourth-order valence-electron chi connectivity index (χ4n) is 4.63. The van der Waals surface area contributed by atoms with Gasteiger partial charge in [-0.25, -0.2) is 4.79 Å². The van der Waals surface area contributed by atoms with Gasteiger partial charge in [-0.1, -0.05) is 42.5 Å². The number of aryl methyl sites for hydroxylation is 2. The summed E-state index contributed by atoms with van der Waals surface area (Å²) >= 11 is 0. The second-order valence-electron chi connectivity index (χ2n) is 8.63. The van der Waals surface area contributed by atoms with Crippen molar-refractivity contribution < 1.29 is 13.9 Å². The summed E-state index contributed by atoms with van der Waals surface area (Å²) in [5, 5.41) is 0.976. The van der Waals surface area contributed by atoms with E-state index in [0.29, 0.717) is 24.3 Å². The van der Waals surface area contributed by atoms with Crippen molar-refractivity contribution in [1.29, 1.82) is 0 Å². The lowest BCUT2D eigenvalue weighted by molar-refractivity contribution is 0.0880. The Kier molecular flexibility index (Phi) is 5.65. The third-order valence-corrected chi connectivity index (χ3v) is 6.38. The van der Waals surface area contributed by atoms with E-state index in [1.54, 1.807) is 7.11 Å². The predicted molar refractivity (Wildman–Crippen MR) is 129 cm³/mol. The highest BCUT2D eigenvalue weighted by molar-refractivity contribution is 5.87. The fourth-order valence-corrected chi connectivity index (χ4v) is 4.63. The summed E-state index contributed by atoms with van der Waals surface area (Å²) in [6, 6.07) is 20.2. The number of rotatable bonds is 5. The van der Waals surface area contributed by atoms with Crippen molar-refractivity contribution >= 4 is 11.0 Å². The van der Waals surface area contributed by atoms with Crippen molar-refractivity contribution in [2.45, 2.75) is 33.4 Å². The molecule has 4 aromatic rings. The highest BCUT2D eigenvalue weighted by Gasteiger charge is 2.24. The van der Waals surface area contributed by atoms with Gasteiger partial charge in [-0.2, -0.15) is 0 Å². The molecule has 0 saturated heterocycles. The number of methoxy groups -OCH3 is 1. The first-order chi connectivity index (χ1) is 16.0. The summed E-state index contributed by atoms with van der Waals surface area (Å²) < 4.78 is 17.3. The van der Waals surface area contributed by atoms with Crippen LogP contribution in [0, 0.1) is 13.8 Å². The Morgan fingerprint density at radius 1 is 0.970 bits per heavy atom. The fraction of sp³-hybridized carbons (Fsp3) is 0.250. The molecule has 5 heteroatoms. The van der Waals surface area contributed by atoms with E-state index in [0.717, 1.165) is 52.2 Å². The highest BCUT2D eigenvalue weighted by Crippen LogP contribution is 2.36. The molecular weight excluding hydrogens is 414 g/mol. The minimum Gasteiger partial charge on any atom is -0.497 e. The lowest BCUT2D eigenvalue weighted by Gasteiger charge is -2.30. The summed E-state index contributed by atoms with van der Waals surface area (Å²) in [6.45, 7) is 5.98. The van der Waals surface area contributed by atoms with Crippen LogP contribution in [0.1, 0.15) is 33.4 Å². The minimum atomic E-state index is -0.276. The van der Waals surface area contributed by atoms with Crippen LogP contribution in [0.5, 0.6) is 11.5 Å². The zero-order chi connectivity index (χ0) is 22.9. The zero-order valence-electron chi connectivity index (χ0n) is 19.2. The van der Waals surface area contributed by atoms with Crippen molar-refractivity contribution in [2.24, 2.45) is 0 Å². The first-order valence-electron chi connectivity index (χ1n) is 11.1. The minimum absolute atomic E-state index is 0.276. The van der Waals surface area contributed by atoms with E-state index in [1.165, 1.54) is 5.56 Å². The molecule has 1 aliphatic rings. The van der Waals surface area contributed by atoms with Crippen molar-refractivity contribution in [3.8, 4) is 11.5 Å². The Labute approximate surface area is 193 Å². The Hall–Kier alpha value is -3.57. The molecule has 1 aliphatic heterocycles. The molecule has 0 fully saturated rings. The van der Waals surface area contributed by atoms with Crippen molar-refractivity contribution in [2.75, 3.05) is 13.8 Å². The average Bonchev–Trinajstić information content (AvgIpc) is 2.83. The molecule has 0 amide bonds. The van der Waals surface area contributed by atoms with Gasteiger partial charge in [0.2, 0.25) is 0 Å². The van der Waals surface area contributed by atoms with Crippen LogP contribution in [0.25, 0.3) is 11.0 Å². The molecule has 0 N–H and O–H groups in total. The van der Waals surface area contributed by atoms with Crippen LogP contribution < -0.4 is 15.1 Å². The van der Waals surface area contributed by atoms with Crippen LogP contribution in [0.4, 0.5) is 0 Å². The van der Waals surface area contributed by atoms with Gasteiger partial charge in [-0.15, -0.1) is 0 Å². The molecular formula is C28H27NO4. The van der Waals surface area contributed by atoms with Crippen LogP contribution in [0.2, 0.25) is 0 Å². The van der Waals surface area contributed by atoms with Gasteiger partial charge in [0.05, 0.1) is 7.11 Å². The number of hydrogen-bond donors (Lipinski definition) is 0. The summed E-state index contributed by atoms with van der Waals surface area (Å²) in [6.07, 6.45) is 0.555. The van der Waals surface area contributed by atoms with E-state index in [9.17, 15) is 4.79 Å². The molecule has 0 spiro atoms. The molecule has 5 rings (SSSR count). The SMILES string of the molecule is COc1cccc(CN2COc3c(cc4c(C)c(Cc5ccccc5)c(=O)oc4c3C)C2)c1. The second-order valence-corrected chi connectivity index (χ2v) is 8.63. The van der Waals surface area contributed by atoms with E-state index >= 15 is 0 Å². The normalized spacial score (nSPS) is 13.5. The van der Waals surface area contributed by atoms with Crippen LogP contribution in [0.3, 0.4) is 0 Å². The number of nitrogens with zero attached hydrogens (tertiary/aromatic N) is 1. The van der Waals surface area contributed by atoms with E-state index in [-0.39, 0.29) is 5.63 Å². The summed E-state index contributed by atoms with van der Waals surface area (Å²) in [7, 11) is 1.68. The topological polar surface area (TPSA) is 51.9 Å². The molecule has 5 nitrogen and oxygen atoms in total. The van der Waals surface area contributed by atoms with Gasteiger partial charge in [-0.05, 0) is 48.7 Å². The largest absolute Gasteiger partial charge is 0.497 e. The van der Waals surface area contributed by atoms with Gasteiger partial charge in [0.15, 0.2) is 0 Å². The van der Waals surface area contributed by atoms with Crippen LogP contribution in [-0.4, -0.2) is 18.7 Å². The standard InChI is InChI=1S/C28H27NO4/c1-18-24-14-22-16-29(15-21-10-7-11-23(12-21)31-3)17-32-26(22)19(2)27(24)33-28(30)25(18)13-20-8-5-4-6-9-20/h4-12,14H,13,15-17H2,1-3H3. The van der Waals surface area contributed by atoms with E-state index in [1.807, 2.05) is 56.3 Å². The van der Waals surface area contributed by atoms with Crippen molar-refractivity contribution in [3.63, 3.8) is 0 Å². The average molecular weight is 442 g/mol. The summed E-state index contributed by atoms with van der Waals surface area (Å²) in [4.78, 5) is 15.1. The lowest BCUT2D eigenvalue weighted by atomic mass is 9.96. The van der Waals surface area contributed by atoms with Gasteiger partial charge >= 0.3 is 5.63 Å². The smallest absolute Gasteiger partial charge is 0.340 e. The van der Waals surface area contributed by atoms with Gasteiger partial charge in [-0.3, -0.25) is 4.90 Å². The first kappa shape index (κ1) is 21.3. The maximum atomic E-state index is 12.9. The van der Waals surface area contributed by atoms with Gasteiger partial charge in [0.1, 0.15) is 23.8 Å². The Morgan fingerprint density at radius 3 is 2.55 bits per heavy atom. The molecule has 0 atom stereocenters. The Bertz CT molecular complexity index is 1370.